The van der Waals surface area contributed by atoms with E-state index < -0.39 is 12.4 Å². The Morgan fingerprint density at radius 1 is 1.33 bits per heavy atom. The van der Waals surface area contributed by atoms with Crippen LogP contribution in [0, 0.1) is 0 Å². The van der Waals surface area contributed by atoms with Crippen molar-refractivity contribution in [3.8, 4) is 0 Å². The molecule has 0 unspecified atom stereocenters. The van der Waals surface area contributed by atoms with E-state index >= 15 is 0 Å². The molecule has 1 aromatic carbocycles. The van der Waals surface area contributed by atoms with Gasteiger partial charge in [-0.3, -0.25) is 0 Å². The van der Waals surface area contributed by atoms with Crippen LogP contribution in [0.4, 0.5) is 0 Å². The Labute approximate surface area is 125 Å². The normalized spacial score (nSPS) is 21.7. The number of carbonyl (C=O) groups excluding carboxylic acids is 1. The molecule has 0 saturated carbocycles. The monoisotopic (exact) mass is 290 g/mol. The number of ether oxygens (including phenoxy) is 3. The number of methoxy groups -OCH3 is 1. The molecule has 114 valence electrons. The summed E-state index contributed by atoms with van der Waals surface area (Å²) < 4.78 is 16.2. The minimum atomic E-state index is -0.609. The van der Waals surface area contributed by atoms with E-state index in [9.17, 15) is 4.79 Å². The van der Waals surface area contributed by atoms with Gasteiger partial charge < -0.3 is 14.2 Å². The Kier molecular flexibility index (Phi) is 5.96. The Bertz CT molecular complexity index is 481. The van der Waals surface area contributed by atoms with Crippen molar-refractivity contribution in [3.05, 3.63) is 42.0 Å². The van der Waals surface area contributed by atoms with Crippen LogP contribution < -0.4 is 0 Å². The van der Waals surface area contributed by atoms with Crippen LogP contribution in [0.5, 0.6) is 0 Å². The Morgan fingerprint density at radius 3 is 2.76 bits per heavy atom. The average Bonchev–Trinajstić information content (AvgIpc) is 2.55. The smallest absolute Gasteiger partial charge is 0.335 e. The number of esters is 1. The molecule has 4 heteroatoms. The molecule has 0 aromatic heterocycles. The minimum absolute atomic E-state index is 0.361. The van der Waals surface area contributed by atoms with Gasteiger partial charge in [-0.1, -0.05) is 43.7 Å². The zero-order chi connectivity index (χ0) is 15.1. The highest BCUT2D eigenvalue weighted by molar-refractivity contribution is 5.79. The van der Waals surface area contributed by atoms with Gasteiger partial charge in [-0.05, 0) is 23.6 Å². The third kappa shape index (κ3) is 4.41. The van der Waals surface area contributed by atoms with E-state index in [4.69, 9.17) is 14.2 Å². The van der Waals surface area contributed by atoms with E-state index in [-0.39, 0.29) is 5.97 Å². The molecule has 0 bridgehead atoms. The van der Waals surface area contributed by atoms with Gasteiger partial charge in [-0.25, -0.2) is 4.79 Å². The number of carbonyl (C=O) groups is 1. The summed E-state index contributed by atoms with van der Waals surface area (Å²) in [5.74, 6) is -0.361. The fraction of sp³-hybridized carbons (Fsp3) is 0.471. The lowest BCUT2D eigenvalue weighted by molar-refractivity contribution is -0.180. The summed E-state index contributed by atoms with van der Waals surface area (Å²) in [4.78, 5) is 11.8. The van der Waals surface area contributed by atoms with Crippen LogP contribution in [-0.4, -0.2) is 32.1 Å². The van der Waals surface area contributed by atoms with E-state index in [0.717, 1.165) is 24.0 Å². The molecule has 1 heterocycles. The highest BCUT2D eigenvalue weighted by Gasteiger charge is 2.30. The summed E-state index contributed by atoms with van der Waals surface area (Å²) in [6.07, 6.45) is 3.38. The maximum Gasteiger partial charge on any atom is 0.335 e. The molecule has 0 amide bonds. The van der Waals surface area contributed by atoms with Crippen molar-refractivity contribution in [2.75, 3.05) is 13.7 Å². The predicted molar refractivity (Wildman–Crippen MR) is 80.6 cm³/mol. The van der Waals surface area contributed by atoms with Gasteiger partial charge in [-0.15, -0.1) is 0 Å². The van der Waals surface area contributed by atoms with Crippen LogP contribution in [0.3, 0.4) is 0 Å². The van der Waals surface area contributed by atoms with Crippen molar-refractivity contribution in [3.63, 3.8) is 0 Å². The van der Waals surface area contributed by atoms with Crippen molar-refractivity contribution < 1.29 is 19.0 Å². The first-order valence-electron chi connectivity index (χ1n) is 7.35. The molecule has 1 aromatic rings. The maximum absolute atomic E-state index is 11.8. The first kappa shape index (κ1) is 15.7. The molecule has 0 fully saturated rings. The second kappa shape index (κ2) is 7.96. The molecule has 21 heavy (non-hydrogen) atoms. The average molecular weight is 290 g/mol. The third-order valence-corrected chi connectivity index (χ3v) is 3.43. The molecule has 4 nitrogen and oxygen atoms in total. The van der Waals surface area contributed by atoms with Crippen LogP contribution in [-0.2, 0) is 19.0 Å². The van der Waals surface area contributed by atoms with Crippen LogP contribution >= 0.6 is 0 Å². The number of benzene rings is 1. The second-order valence-corrected chi connectivity index (χ2v) is 5.00. The third-order valence-electron chi connectivity index (χ3n) is 3.43. The van der Waals surface area contributed by atoms with Crippen LogP contribution in [0.15, 0.2) is 36.4 Å². The number of rotatable bonds is 6. The Balaban J connectivity index is 2.14. The lowest BCUT2D eigenvalue weighted by atomic mass is 9.97. The van der Waals surface area contributed by atoms with E-state index in [2.05, 4.69) is 6.92 Å². The Hall–Kier alpha value is -1.65. The number of hydrogen-bond acceptors (Lipinski definition) is 4. The van der Waals surface area contributed by atoms with Gasteiger partial charge in [0.1, 0.15) is 0 Å². The van der Waals surface area contributed by atoms with Gasteiger partial charge in [0.15, 0.2) is 12.4 Å². The van der Waals surface area contributed by atoms with Crippen LogP contribution in [0.1, 0.15) is 31.7 Å². The summed E-state index contributed by atoms with van der Waals surface area (Å²) in [5, 5.41) is 0. The van der Waals surface area contributed by atoms with Gasteiger partial charge in [-0.2, -0.15) is 0 Å². The van der Waals surface area contributed by atoms with Crippen LogP contribution in [0.25, 0.3) is 5.57 Å². The van der Waals surface area contributed by atoms with Crippen molar-refractivity contribution in [2.45, 2.75) is 38.6 Å². The second-order valence-electron chi connectivity index (χ2n) is 5.00. The van der Waals surface area contributed by atoms with E-state index in [1.54, 1.807) is 0 Å². The zero-order valence-corrected chi connectivity index (χ0v) is 12.6. The molecule has 2 atom stereocenters. The molecule has 0 radical (unpaired) electrons. The van der Waals surface area contributed by atoms with Gasteiger partial charge in [0, 0.05) is 6.42 Å². The van der Waals surface area contributed by atoms with E-state index in [1.165, 1.54) is 7.11 Å². The summed E-state index contributed by atoms with van der Waals surface area (Å²) in [7, 11) is 1.37. The summed E-state index contributed by atoms with van der Waals surface area (Å²) >= 11 is 0. The Morgan fingerprint density at radius 2 is 2.10 bits per heavy atom. The molecular formula is C17H22O4. The molecule has 0 N–H and O–H groups in total. The highest BCUT2D eigenvalue weighted by atomic mass is 16.7. The quantitative estimate of drug-likeness (QED) is 0.596. The van der Waals surface area contributed by atoms with E-state index in [0.29, 0.717) is 13.0 Å². The molecule has 0 saturated heterocycles. The molecular weight excluding hydrogens is 268 g/mol. The molecule has 1 aliphatic heterocycles. The zero-order valence-electron chi connectivity index (χ0n) is 12.6. The molecule has 2 rings (SSSR count). The molecule has 0 aliphatic carbocycles. The predicted octanol–water partition coefficient (Wildman–Crippen LogP) is 3.17. The summed E-state index contributed by atoms with van der Waals surface area (Å²) in [6.45, 7) is 2.72. The first-order chi connectivity index (χ1) is 10.2. The number of unbranched alkanes of at least 4 members (excludes halogenated alkanes) is 1. The fourth-order valence-corrected chi connectivity index (χ4v) is 2.25. The van der Waals surface area contributed by atoms with Gasteiger partial charge in [0.2, 0.25) is 0 Å². The molecule has 1 aliphatic rings. The largest absolute Gasteiger partial charge is 0.467 e. The van der Waals surface area contributed by atoms with Gasteiger partial charge in [0.25, 0.3) is 0 Å². The lowest BCUT2D eigenvalue weighted by Gasteiger charge is -2.28. The summed E-state index contributed by atoms with van der Waals surface area (Å²) in [6, 6.07) is 9.97. The number of hydrogen-bond donors (Lipinski definition) is 0. The standard InChI is InChI=1S/C17H22O4/c1-3-4-10-20-16-12-14(13-8-6-5-7-9-13)11-15(21-16)17(18)19-2/h5-9,12,15-16H,3-4,10-11H2,1-2H3/t15-,16-/m1/s1. The van der Waals surface area contributed by atoms with Crippen LogP contribution in [0.2, 0.25) is 0 Å². The SMILES string of the molecule is CCCCO[C@H]1C=C(c2ccccc2)C[C@H](C(=O)OC)O1. The van der Waals surface area contributed by atoms with Crippen molar-refractivity contribution in [1.29, 1.82) is 0 Å². The minimum Gasteiger partial charge on any atom is -0.467 e. The maximum atomic E-state index is 11.8. The topological polar surface area (TPSA) is 44.8 Å². The highest BCUT2D eigenvalue weighted by Crippen LogP contribution is 2.28. The first-order valence-corrected chi connectivity index (χ1v) is 7.35. The van der Waals surface area contributed by atoms with Crippen molar-refractivity contribution in [2.24, 2.45) is 0 Å². The summed E-state index contributed by atoms with van der Waals surface area (Å²) in [5.41, 5.74) is 2.14. The molecule has 0 spiro atoms. The van der Waals surface area contributed by atoms with Crippen molar-refractivity contribution >= 4 is 11.5 Å². The van der Waals surface area contributed by atoms with E-state index in [1.807, 2.05) is 36.4 Å². The lowest BCUT2D eigenvalue weighted by Crippen LogP contribution is -2.34. The van der Waals surface area contributed by atoms with Gasteiger partial charge >= 0.3 is 5.97 Å². The van der Waals surface area contributed by atoms with Gasteiger partial charge in [0.05, 0.1) is 13.7 Å². The van der Waals surface area contributed by atoms with Crippen molar-refractivity contribution in [1.82, 2.24) is 0 Å². The fourth-order valence-electron chi connectivity index (χ4n) is 2.25.